The molecule has 1 atom stereocenters. The van der Waals surface area contributed by atoms with Crippen molar-refractivity contribution in [1.29, 1.82) is 0 Å². The van der Waals surface area contributed by atoms with Crippen molar-refractivity contribution in [1.82, 2.24) is 4.90 Å². The summed E-state index contributed by atoms with van der Waals surface area (Å²) in [6.07, 6.45) is 1.41. The van der Waals surface area contributed by atoms with Gasteiger partial charge in [-0.25, -0.2) is 4.79 Å². The third-order valence-corrected chi connectivity index (χ3v) is 5.00. The van der Waals surface area contributed by atoms with Gasteiger partial charge in [0.2, 0.25) is 5.91 Å². The van der Waals surface area contributed by atoms with E-state index in [4.69, 9.17) is 16.3 Å². The molecule has 1 heterocycles. The van der Waals surface area contributed by atoms with Gasteiger partial charge in [-0.15, -0.1) is 0 Å². The molecular formula is C20H22ClN3O3. The van der Waals surface area contributed by atoms with Crippen LogP contribution < -0.4 is 15.4 Å². The van der Waals surface area contributed by atoms with Gasteiger partial charge in [-0.3, -0.25) is 4.79 Å². The molecule has 6 nitrogen and oxygen atoms in total. The Balaban J connectivity index is 1.65. The fourth-order valence-corrected chi connectivity index (χ4v) is 3.23. The minimum Gasteiger partial charge on any atom is -0.497 e. The van der Waals surface area contributed by atoms with Crippen LogP contribution in [0.15, 0.2) is 42.5 Å². The second kappa shape index (κ2) is 8.31. The summed E-state index contributed by atoms with van der Waals surface area (Å²) in [7, 11) is 1.59. The van der Waals surface area contributed by atoms with Crippen molar-refractivity contribution in [3.63, 3.8) is 0 Å². The zero-order valence-corrected chi connectivity index (χ0v) is 16.0. The van der Waals surface area contributed by atoms with E-state index in [1.54, 1.807) is 48.4 Å². The topological polar surface area (TPSA) is 70.7 Å². The first-order valence-corrected chi connectivity index (χ1v) is 9.14. The minimum atomic E-state index is -0.511. The summed E-state index contributed by atoms with van der Waals surface area (Å²) < 4.78 is 5.11. The molecule has 0 bridgehead atoms. The number of nitrogens with one attached hydrogen (secondary N) is 2. The number of ether oxygens (including phenoxy) is 1. The van der Waals surface area contributed by atoms with E-state index >= 15 is 0 Å². The normalized spacial score (nSPS) is 16.1. The number of nitrogens with zero attached hydrogens (tertiary/aromatic N) is 1. The summed E-state index contributed by atoms with van der Waals surface area (Å²) >= 11 is 6.11. The Labute approximate surface area is 163 Å². The fraction of sp³-hybridized carbons (Fsp3) is 0.300. The minimum absolute atomic E-state index is 0.211. The third kappa shape index (κ3) is 4.52. The van der Waals surface area contributed by atoms with Crippen LogP contribution >= 0.6 is 11.6 Å². The summed E-state index contributed by atoms with van der Waals surface area (Å²) in [5, 5.41) is 6.28. The molecule has 142 valence electrons. The van der Waals surface area contributed by atoms with E-state index < -0.39 is 6.04 Å². The Hall–Kier alpha value is -2.73. The Morgan fingerprint density at radius 2 is 1.81 bits per heavy atom. The average molecular weight is 388 g/mol. The lowest BCUT2D eigenvalue weighted by Gasteiger charge is -2.24. The number of aryl methyl sites for hydroxylation is 1. The van der Waals surface area contributed by atoms with Crippen LogP contribution in [0.25, 0.3) is 0 Å². The van der Waals surface area contributed by atoms with Crippen molar-refractivity contribution in [2.75, 3.05) is 24.3 Å². The van der Waals surface area contributed by atoms with Crippen LogP contribution in [0.1, 0.15) is 18.4 Å². The van der Waals surface area contributed by atoms with Gasteiger partial charge in [-0.05, 0) is 61.7 Å². The summed E-state index contributed by atoms with van der Waals surface area (Å²) in [5.41, 5.74) is 2.21. The van der Waals surface area contributed by atoms with Gasteiger partial charge in [-0.2, -0.15) is 0 Å². The molecule has 0 saturated carbocycles. The molecule has 1 saturated heterocycles. The number of anilines is 2. The number of carbonyl (C=O) groups excluding carboxylic acids is 2. The van der Waals surface area contributed by atoms with Crippen LogP contribution in [0, 0.1) is 6.92 Å². The summed E-state index contributed by atoms with van der Waals surface area (Å²) in [6.45, 7) is 2.44. The van der Waals surface area contributed by atoms with Crippen molar-refractivity contribution in [2.24, 2.45) is 0 Å². The number of methoxy groups -OCH3 is 1. The van der Waals surface area contributed by atoms with Crippen LogP contribution in [-0.2, 0) is 4.79 Å². The Morgan fingerprint density at radius 3 is 2.48 bits per heavy atom. The molecule has 0 radical (unpaired) electrons. The number of hydrogen-bond donors (Lipinski definition) is 2. The second-order valence-electron chi connectivity index (χ2n) is 6.46. The van der Waals surface area contributed by atoms with Crippen molar-refractivity contribution in [3.8, 4) is 5.75 Å². The summed E-state index contributed by atoms with van der Waals surface area (Å²) in [6, 6.07) is 11.6. The molecule has 7 heteroatoms. The maximum Gasteiger partial charge on any atom is 0.322 e. The van der Waals surface area contributed by atoms with E-state index in [1.807, 2.05) is 13.0 Å². The first-order valence-electron chi connectivity index (χ1n) is 8.76. The lowest BCUT2D eigenvalue weighted by Crippen LogP contribution is -2.45. The highest BCUT2D eigenvalue weighted by Gasteiger charge is 2.34. The molecule has 2 N–H and O–H groups in total. The van der Waals surface area contributed by atoms with Crippen LogP contribution in [0.4, 0.5) is 16.2 Å². The zero-order chi connectivity index (χ0) is 19.4. The predicted molar refractivity (Wildman–Crippen MR) is 107 cm³/mol. The van der Waals surface area contributed by atoms with E-state index in [2.05, 4.69) is 10.6 Å². The lowest BCUT2D eigenvalue weighted by atomic mass is 10.2. The van der Waals surface area contributed by atoms with Gasteiger partial charge in [0.1, 0.15) is 11.8 Å². The fourth-order valence-electron chi connectivity index (χ4n) is 3.05. The molecule has 0 spiro atoms. The van der Waals surface area contributed by atoms with Crippen molar-refractivity contribution in [3.05, 3.63) is 53.1 Å². The highest BCUT2D eigenvalue weighted by molar-refractivity contribution is 6.31. The number of benzene rings is 2. The van der Waals surface area contributed by atoms with Crippen LogP contribution in [0.5, 0.6) is 5.75 Å². The van der Waals surface area contributed by atoms with Gasteiger partial charge >= 0.3 is 6.03 Å². The van der Waals surface area contributed by atoms with Gasteiger partial charge in [0.25, 0.3) is 0 Å². The molecule has 1 aliphatic rings. The van der Waals surface area contributed by atoms with Crippen LogP contribution in [-0.4, -0.2) is 36.5 Å². The molecule has 1 fully saturated rings. The molecule has 0 aromatic heterocycles. The van der Waals surface area contributed by atoms with E-state index in [-0.39, 0.29) is 11.9 Å². The smallest absolute Gasteiger partial charge is 0.322 e. The molecule has 3 amide bonds. The van der Waals surface area contributed by atoms with Crippen molar-refractivity contribution < 1.29 is 14.3 Å². The summed E-state index contributed by atoms with van der Waals surface area (Å²) in [4.78, 5) is 26.9. The van der Waals surface area contributed by atoms with Crippen molar-refractivity contribution >= 4 is 34.9 Å². The highest BCUT2D eigenvalue weighted by atomic mass is 35.5. The first kappa shape index (κ1) is 19.0. The largest absolute Gasteiger partial charge is 0.497 e. The first-order chi connectivity index (χ1) is 13.0. The molecular weight excluding hydrogens is 366 g/mol. The molecule has 3 rings (SSSR count). The summed E-state index contributed by atoms with van der Waals surface area (Å²) in [5.74, 6) is 0.500. The Kier molecular flexibility index (Phi) is 5.86. The van der Waals surface area contributed by atoms with Crippen LogP contribution in [0.3, 0.4) is 0 Å². The number of halogens is 1. The van der Waals surface area contributed by atoms with Gasteiger partial charge < -0.3 is 20.3 Å². The third-order valence-electron chi connectivity index (χ3n) is 4.60. The zero-order valence-electron chi connectivity index (χ0n) is 15.3. The monoisotopic (exact) mass is 387 g/mol. The second-order valence-corrected chi connectivity index (χ2v) is 6.87. The van der Waals surface area contributed by atoms with Gasteiger partial charge in [0, 0.05) is 22.9 Å². The van der Waals surface area contributed by atoms with E-state index in [0.29, 0.717) is 35.1 Å². The van der Waals surface area contributed by atoms with E-state index in [1.165, 1.54) is 0 Å². The SMILES string of the molecule is COc1ccc(NC(=O)N2CCC[C@@H]2C(=O)Nc2ccc(C)c(Cl)c2)cc1. The number of rotatable bonds is 4. The highest BCUT2D eigenvalue weighted by Crippen LogP contribution is 2.24. The van der Waals surface area contributed by atoms with Crippen LogP contribution in [0.2, 0.25) is 5.02 Å². The molecule has 1 aliphatic heterocycles. The number of amides is 3. The standard InChI is InChI=1S/C20H22ClN3O3/c1-13-5-6-15(12-17(13)21)22-19(25)18-4-3-11-24(18)20(26)23-14-7-9-16(27-2)10-8-14/h5-10,12,18H,3-4,11H2,1-2H3,(H,22,25)(H,23,26)/t18-/m1/s1. The molecule has 2 aromatic rings. The predicted octanol–water partition coefficient (Wildman–Crippen LogP) is 4.29. The van der Waals surface area contributed by atoms with E-state index in [0.717, 1.165) is 12.0 Å². The maximum absolute atomic E-state index is 12.7. The number of hydrogen-bond acceptors (Lipinski definition) is 3. The molecule has 0 aliphatic carbocycles. The average Bonchev–Trinajstić information content (AvgIpc) is 3.15. The Bertz CT molecular complexity index is 839. The number of urea groups is 1. The maximum atomic E-state index is 12.7. The van der Waals surface area contributed by atoms with Gasteiger partial charge in [0.15, 0.2) is 0 Å². The molecule has 2 aromatic carbocycles. The van der Waals surface area contributed by atoms with Crippen molar-refractivity contribution in [2.45, 2.75) is 25.8 Å². The van der Waals surface area contributed by atoms with Gasteiger partial charge in [-0.1, -0.05) is 17.7 Å². The quantitative estimate of drug-likeness (QED) is 0.822. The molecule has 0 unspecified atom stereocenters. The number of carbonyl (C=O) groups is 2. The van der Waals surface area contributed by atoms with E-state index in [9.17, 15) is 9.59 Å². The Morgan fingerprint density at radius 1 is 1.11 bits per heavy atom. The lowest BCUT2D eigenvalue weighted by molar-refractivity contribution is -0.119. The van der Waals surface area contributed by atoms with Gasteiger partial charge in [0.05, 0.1) is 7.11 Å². The number of likely N-dealkylation sites (tertiary alicyclic amines) is 1. The molecule has 27 heavy (non-hydrogen) atoms.